The zero-order valence-corrected chi connectivity index (χ0v) is 10.4. The Labute approximate surface area is 111 Å². The molecule has 0 bridgehead atoms. The van der Waals surface area contributed by atoms with Gasteiger partial charge in [0.2, 0.25) is 5.96 Å². The fourth-order valence-electron chi connectivity index (χ4n) is 1.97. The topological polar surface area (TPSA) is 66.5 Å². The van der Waals surface area contributed by atoms with E-state index in [4.69, 9.17) is 5.73 Å². The Balaban J connectivity index is 1.84. The van der Waals surface area contributed by atoms with Gasteiger partial charge in [0, 0.05) is 30.5 Å². The standard InChI is InChI=1S/C15H14N4/c16-15-18-7-5-12(10-19-15)2-1-11-3-4-14-13(9-11)6-8-17-14/h1-4,6-10,17H,5H2,(H2,16,19)/b2-1+. The van der Waals surface area contributed by atoms with Gasteiger partial charge < -0.3 is 10.7 Å². The molecular weight excluding hydrogens is 236 g/mol. The van der Waals surface area contributed by atoms with Crippen molar-refractivity contribution in [3.63, 3.8) is 0 Å². The number of nitrogens with two attached hydrogens (primary N) is 1. The zero-order valence-electron chi connectivity index (χ0n) is 10.4. The lowest BCUT2D eigenvalue weighted by Crippen LogP contribution is -2.06. The number of hydrogen-bond donors (Lipinski definition) is 2. The molecule has 4 nitrogen and oxygen atoms in total. The van der Waals surface area contributed by atoms with Crippen LogP contribution in [-0.4, -0.2) is 17.2 Å². The quantitative estimate of drug-likeness (QED) is 0.845. The van der Waals surface area contributed by atoms with Gasteiger partial charge in [0.25, 0.3) is 0 Å². The molecule has 1 aromatic carbocycles. The van der Waals surface area contributed by atoms with E-state index in [0.717, 1.165) is 23.1 Å². The summed E-state index contributed by atoms with van der Waals surface area (Å²) in [6.07, 6.45) is 10.3. The smallest absolute Gasteiger partial charge is 0.219 e. The van der Waals surface area contributed by atoms with Crippen LogP contribution in [0.4, 0.5) is 0 Å². The highest BCUT2D eigenvalue weighted by atomic mass is 15.0. The number of nitrogens with zero attached hydrogens (tertiary/aromatic N) is 2. The molecule has 3 rings (SSSR count). The summed E-state index contributed by atoms with van der Waals surface area (Å²) in [6, 6.07) is 8.37. The molecule has 94 valence electrons. The van der Waals surface area contributed by atoms with E-state index in [1.807, 2.05) is 12.3 Å². The van der Waals surface area contributed by atoms with E-state index < -0.39 is 0 Å². The molecule has 1 aliphatic heterocycles. The maximum atomic E-state index is 5.53. The van der Waals surface area contributed by atoms with Crippen LogP contribution in [0.15, 0.2) is 58.3 Å². The lowest BCUT2D eigenvalue weighted by atomic mass is 10.1. The summed E-state index contributed by atoms with van der Waals surface area (Å²) in [4.78, 5) is 11.2. The molecule has 2 heterocycles. The summed E-state index contributed by atoms with van der Waals surface area (Å²) in [6.45, 7) is 0. The van der Waals surface area contributed by atoms with Crippen molar-refractivity contribution in [1.29, 1.82) is 0 Å². The number of fused-ring (bicyclic) bond motifs is 1. The van der Waals surface area contributed by atoms with Crippen molar-refractivity contribution in [3.05, 3.63) is 53.9 Å². The van der Waals surface area contributed by atoms with Crippen LogP contribution < -0.4 is 5.73 Å². The Kier molecular flexibility index (Phi) is 2.98. The second-order valence-corrected chi connectivity index (χ2v) is 4.36. The number of aliphatic imine (C=N–C) groups is 2. The molecule has 3 N–H and O–H groups in total. The van der Waals surface area contributed by atoms with E-state index in [-0.39, 0.29) is 0 Å². The first-order valence-electron chi connectivity index (χ1n) is 6.11. The third-order valence-electron chi connectivity index (χ3n) is 2.98. The normalized spacial score (nSPS) is 15.6. The van der Waals surface area contributed by atoms with E-state index in [0.29, 0.717) is 5.96 Å². The molecule has 0 saturated carbocycles. The first-order chi connectivity index (χ1) is 9.31. The van der Waals surface area contributed by atoms with Gasteiger partial charge in [-0.05, 0) is 34.7 Å². The van der Waals surface area contributed by atoms with Crippen LogP contribution in [0.5, 0.6) is 0 Å². The number of guanidine groups is 1. The SMILES string of the molecule is NC1=NC=C(/C=C/c2ccc3[nH]ccc3c2)CC=N1. The highest BCUT2D eigenvalue weighted by molar-refractivity contribution is 5.88. The molecule has 0 amide bonds. The van der Waals surface area contributed by atoms with Crippen LogP contribution in [-0.2, 0) is 0 Å². The Morgan fingerprint density at radius 2 is 2.16 bits per heavy atom. The van der Waals surface area contributed by atoms with E-state index in [2.05, 4.69) is 45.3 Å². The van der Waals surface area contributed by atoms with Crippen LogP contribution in [0.1, 0.15) is 12.0 Å². The summed E-state index contributed by atoms with van der Waals surface area (Å²) in [5.41, 5.74) is 8.92. The van der Waals surface area contributed by atoms with Gasteiger partial charge in [-0.2, -0.15) is 0 Å². The van der Waals surface area contributed by atoms with Gasteiger partial charge in [-0.15, -0.1) is 0 Å². The van der Waals surface area contributed by atoms with Gasteiger partial charge >= 0.3 is 0 Å². The molecule has 0 aliphatic carbocycles. The van der Waals surface area contributed by atoms with Crippen molar-refractivity contribution < 1.29 is 0 Å². The monoisotopic (exact) mass is 250 g/mol. The van der Waals surface area contributed by atoms with Crippen molar-refractivity contribution in [1.82, 2.24) is 4.98 Å². The van der Waals surface area contributed by atoms with Gasteiger partial charge in [0.15, 0.2) is 0 Å². The second kappa shape index (κ2) is 4.94. The number of H-pyrrole nitrogens is 1. The van der Waals surface area contributed by atoms with Crippen LogP contribution >= 0.6 is 0 Å². The molecule has 0 atom stereocenters. The minimum Gasteiger partial charge on any atom is -0.368 e. The molecule has 0 radical (unpaired) electrons. The predicted molar refractivity (Wildman–Crippen MR) is 80.1 cm³/mol. The van der Waals surface area contributed by atoms with Crippen molar-refractivity contribution in [2.24, 2.45) is 15.7 Å². The maximum absolute atomic E-state index is 5.53. The summed E-state index contributed by atoms with van der Waals surface area (Å²) >= 11 is 0. The molecule has 0 fully saturated rings. The Morgan fingerprint density at radius 3 is 3.11 bits per heavy atom. The van der Waals surface area contributed by atoms with E-state index >= 15 is 0 Å². The number of aromatic amines is 1. The molecule has 19 heavy (non-hydrogen) atoms. The number of hydrogen-bond acceptors (Lipinski definition) is 3. The summed E-state index contributed by atoms with van der Waals surface area (Å²) < 4.78 is 0. The van der Waals surface area contributed by atoms with Crippen molar-refractivity contribution in [2.75, 3.05) is 0 Å². The third-order valence-corrected chi connectivity index (χ3v) is 2.98. The number of rotatable bonds is 2. The molecule has 1 aromatic heterocycles. The van der Waals surface area contributed by atoms with Gasteiger partial charge in [-0.3, -0.25) is 0 Å². The minimum atomic E-state index is 0.303. The maximum Gasteiger partial charge on any atom is 0.219 e. The molecule has 1 aliphatic rings. The van der Waals surface area contributed by atoms with Gasteiger partial charge in [0.05, 0.1) is 0 Å². The highest BCUT2D eigenvalue weighted by Crippen LogP contribution is 2.16. The predicted octanol–water partition coefficient (Wildman–Crippen LogP) is 2.85. The van der Waals surface area contributed by atoms with Gasteiger partial charge in [-0.1, -0.05) is 18.2 Å². The average molecular weight is 250 g/mol. The summed E-state index contributed by atoms with van der Waals surface area (Å²) in [7, 11) is 0. The average Bonchev–Trinajstić information content (AvgIpc) is 2.79. The van der Waals surface area contributed by atoms with Crippen molar-refractivity contribution in [3.8, 4) is 0 Å². The minimum absolute atomic E-state index is 0.303. The highest BCUT2D eigenvalue weighted by Gasteiger charge is 1.97. The first kappa shape index (κ1) is 11.5. The second-order valence-electron chi connectivity index (χ2n) is 4.36. The fourth-order valence-corrected chi connectivity index (χ4v) is 1.97. The number of benzene rings is 1. The van der Waals surface area contributed by atoms with Crippen molar-refractivity contribution in [2.45, 2.75) is 6.42 Å². The Hall–Kier alpha value is -2.62. The zero-order chi connectivity index (χ0) is 13.1. The van der Waals surface area contributed by atoms with Crippen LogP contribution in [0, 0.1) is 0 Å². The molecule has 0 saturated heterocycles. The summed E-state index contributed by atoms with van der Waals surface area (Å²) in [5.74, 6) is 0.303. The van der Waals surface area contributed by atoms with E-state index in [1.54, 1.807) is 12.4 Å². The molecule has 0 spiro atoms. The number of aromatic nitrogens is 1. The largest absolute Gasteiger partial charge is 0.368 e. The van der Waals surface area contributed by atoms with Crippen LogP contribution in [0.2, 0.25) is 0 Å². The summed E-state index contributed by atoms with van der Waals surface area (Å²) in [5, 5.41) is 1.21. The third kappa shape index (κ3) is 2.63. The lowest BCUT2D eigenvalue weighted by Gasteiger charge is -1.96. The van der Waals surface area contributed by atoms with E-state index in [9.17, 15) is 0 Å². The van der Waals surface area contributed by atoms with Gasteiger partial charge in [-0.25, -0.2) is 9.98 Å². The number of allylic oxidation sites excluding steroid dienone is 2. The molecule has 4 heteroatoms. The van der Waals surface area contributed by atoms with Crippen LogP contribution in [0.3, 0.4) is 0 Å². The number of nitrogens with one attached hydrogen (secondary N) is 1. The molecule has 2 aromatic rings. The fraction of sp³-hybridized carbons (Fsp3) is 0.0667. The van der Waals surface area contributed by atoms with Crippen molar-refractivity contribution >= 4 is 29.2 Å². The lowest BCUT2D eigenvalue weighted by molar-refractivity contribution is 1.36. The van der Waals surface area contributed by atoms with E-state index in [1.165, 1.54) is 5.39 Å². The van der Waals surface area contributed by atoms with Gasteiger partial charge in [0.1, 0.15) is 0 Å². The Morgan fingerprint density at radius 1 is 1.21 bits per heavy atom. The van der Waals surface area contributed by atoms with Crippen LogP contribution in [0.25, 0.3) is 17.0 Å². The molecular formula is C15H14N4. The first-order valence-corrected chi connectivity index (χ1v) is 6.11. The Bertz CT molecular complexity index is 717. The molecule has 0 unspecified atom stereocenters.